The zero-order valence-electron chi connectivity index (χ0n) is 9.57. The van der Waals surface area contributed by atoms with Crippen molar-refractivity contribution in [2.24, 2.45) is 11.8 Å². The van der Waals surface area contributed by atoms with E-state index in [1.165, 1.54) is 0 Å². The van der Waals surface area contributed by atoms with Gasteiger partial charge in [0.2, 0.25) is 5.91 Å². The van der Waals surface area contributed by atoms with Crippen LogP contribution in [0, 0.1) is 11.8 Å². The van der Waals surface area contributed by atoms with Crippen LogP contribution in [0.1, 0.15) is 6.92 Å². The van der Waals surface area contributed by atoms with Crippen LogP contribution in [0.2, 0.25) is 0 Å². The monoisotopic (exact) mass is 318 g/mol. The average Bonchev–Trinajstić information content (AvgIpc) is 2.19. The minimum atomic E-state index is 0. The average molecular weight is 320 g/mol. The van der Waals surface area contributed by atoms with Gasteiger partial charge >= 0.3 is 0 Å². The summed E-state index contributed by atoms with van der Waals surface area (Å²) in [6, 6.07) is 7.64. The Hall–Kier alpha value is -0.580. The highest BCUT2D eigenvalue weighted by atomic mass is 79.9. The molecule has 2 rings (SSSR count). The van der Waals surface area contributed by atoms with Crippen LogP contribution in [0.3, 0.4) is 0 Å². The smallest absolute Gasteiger partial charge is 0.227 e. The summed E-state index contributed by atoms with van der Waals surface area (Å²) < 4.78 is 1.02. The van der Waals surface area contributed by atoms with Gasteiger partial charge in [0, 0.05) is 16.1 Å². The zero-order valence-corrected chi connectivity index (χ0v) is 12.0. The third-order valence-electron chi connectivity index (χ3n) is 3.05. The number of halogens is 2. The Morgan fingerprint density at radius 3 is 2.47 bits per heavy atom. The highest BCUT2D eigenvalue weighted by molar-refractivity contribution is 9.10. The molecule has 1 aromatic rings. The first-order valence-electron chi connectivity index (χ1n) is 5.44. The predicted molar refractivity (Wildman–Crippen MR) is 75.5 cm³/mol. The van der Waals surface area contributed by atoms with Crippen molar-refractivity contribution in [2.75, 3.05) is 18.4 Å². The molecule has 2 N–H and O–H groups in total. The summed E-state index contributed by atoms with van der Waals surface area (Å²) in [5.41, 5.74) is 0.854. The summed E-state index contributed by atoms with van der Waals surface area (Å²) in [4.78, 5) is 11.9. The van der Waals surface area contributed by atoms with E-state index in [0.717, 1.165) is 23.2 Å². The fourth-order valence-corrected chi connectivity index (χ4v) is 1.93. The number of carbonyl (C=O) groups excluding carboxylic acids is 1. The zero-order chi connectivity index (χ0) is 11.5. The number of amides is 1. The van der Waals surface area contributed by atoms with Gasteiger partial charge in [0.25, 0.3) is 0 Å². The lowest BCUT2D eigenvalue weighted by molar-refractivity contribution is -0.121. The topological polar surface area (TPSA) is 41.1 Å². The van der Waals surface area contributed by atoms with Gasteiger partial charge in [0.05, 0.1) is 0 Å². The van der Waals surface area contributed by atoms with E-state index < -0.39 is 0 Å². The maximum absolute atomic E-state index is 11.9. The van der Waals surface area contributed by atoms with E-state index in [-0.39, 0.29) is 24.2 Å². The van der Waals surface area contributed by atoms with E-state index in [9.17, 15) is 4.79 Å². The fourth-order valence-electron chi connectivity index (χ4n) is 1.67. The SMILES string of the molecule is CC(C(=O)Nc1ccc(Br)cc1)C1CNC1.Cl. The van der Waals surface area contributed by atoms with Crippen LogP contribution >= 0.6 is 28.3 Å². The van der Waals surface area contributed by atoms with E-state index in [1.54, 1.807) is 0 Å². The second-order valence-electron chi connectivity index (χ2n) is 4.20. The lowest BCUT2D eigenvalue weighted by Crippen LogP contribution is -2.48. The van der Waals surface area contributed by atoms with Crippen LogP contribution in [-0.4, -0.2) is 19.0 Å². The van der Waals surface area contributed by atoms with Gasteiger partial charge in [0.15, 0.2) is 0 Å². The van der Waals surface area contributed by atoms with E-state index >= 15 is 0 Å². The summed E-state index contributed by atoms with van der Waals surface area (Å²) in [5, 5.41) is 6.11. The van der Waals surface area contributed by atoms with E-state index in [1.807, 2.05) is 31.2 Å². The van der Waals surface area contributed by atoms with Crippen molar-refractivity contribution in [2.45, 2.75) is 6.92 Å². The van der Waals surface area contributed by atoms with Crippen LogP contribution in [0.25, 0.3) is 0 Å². The van der Waals surface area contributed by atoms with Gasteiger partial charge in [-0.05, 0) is 43.3 Å². The van der Waals surface area contributed by atoms with Crippen LogP contribution in [0.5, 0.6) is 0 Å². The quantitative estimate of drug-likeness (QED) is 0.899. The molecule has 0 saturated carbocycles. The van der Waals surface area contributed by atoms with Gasteiger partial charge < -0.3 is 10.6 Å². The summed E-state index contributed by atoms with van der Waals surface area (Å²) in [6.07, 6.45) is 0. The first kappa shape index (κ1) is 14.5. The lowest BCUT2D eigenvalue weighted by atomic mass is 9.88. The Labute approximate surface area is 116 Å². The van der Waals surface area contributed by atoms with Gasteiger partial charge in [-0.15, -0.1) is 12.4 Å². The number of anilines is 1. The van der Waals surface area contributed by atoms with E-state index in [2.05, 4.69) is 26.6 Å². The van der Waals surface area contributed by atoms with Crippen molar-refractivity contribution in [1.29, 1.82) is 0 Å². The molecule has 0 spiro atoms. The van der Waals surface area contributed by atoms with Crippen molar-refractivity contribution in [3.05, 3.63) is 28.7 Å². The molecule has 0 radical (unpaired) electrons. The minimum absolute atomic E-state index is 0. The van der Waals surface area contributed by atoms with Crippen molar-refractivity contribution < 1.29 is 4.79 Å². The summed E-state index contributed by atoms with van der Waals surface area (Å²) in [7, 11) is 0. The summed E-state index contributed by atoms with van der Waals surface area (Å²) >= 11 is 3.36. The Balaban J connectivity index is 0.00000144. The molecule has 3 nitrogen and oxygen atoms in total. The highest BCUT2D eigenvalue weighted by Crippen LogP contribution is 2.19. The standard InChI is InChI=1S/C12H15BrN2O.ClH/c1-8(9-6-14-7-9)12(16)15-11-4-2-10(13)3-5-11;/h2-5,8-9,14H,6-7H2,1H3,(H,15,16);1H. The summed E-state index contributed by atoms with van der Waals surface area (Å²) in [5.74, 6) is 0.661. The highest BCUT2D eigenvalue weighted by Gasteiger charge is 2.28. The van der Waals surface area contributed by atoms with Crippen molar-refractivity contribution in [3.8, 4) is 0 Å². The molecule has 1 heterocycles. The first-order valence-corrected chi connectivity index (χ1v) is 6.23. The molecule has 0 bridgehead atoms. The van der Waals surface area contributed by atoms with Crippen LogP contribution < -0.4 is 10.6 Å². The number of carbonyl (C=O) groups is 1. The third-order valence-corrected chi connectivity index (χ3v) is 3.57. The molecule has 94 valence electrons. The van der Waals surface area contributed by atoms with Gasteiger partial charge in [0.1, 0.15) is 0 Å². The first-order chi connectivity index (χ1) is 7.66. The van der Waals surface area contributed by atoms with Crippen LogP contribution in [0.4, 0.5) is 5.69 Å². The van der Waals surface area contributed by atoms with Crippen molar-refractivity contribution >= 4 is 39.9 Å². The number of hydrogen-bond acceptors (Lipinski definition) is 2. The molecule has 1 unspecified atom stereocenters. The maximum Gasteiger partial charge on any atom is 0.227 e. The van der Waals surface area contributed by atoms with Crippen molar-refractivity contribution in [1.82, 2.24) is 5.32 Å². The molecular weight excluding hydrogens is 304 g/mol. The van der Waals surface area contributed by atoms with Gasteiger partial charge in [-0.25, -0.2) is 0 Å². The number of nitrogens with one attached hydrogen (secondary N) is 2. The fraction of sp³-hybridized carbons (Fsp3) is 0.417. The molecule has 1 atom stereocenters. The predicted octanol–water partition coefficient (Wildman–Crippen LogP) is 2.66. The Bertz CT molecular complexity index is 379. The molecule has 1 aliphatic rings. The molecule has 17 heavy (non-hydrogen) atoms. The van der Waals surface area contributed by atoms with Gasteiger partial charge in [-0.2, -0.15) is 0 Å². The lowest BCUT2D eigenvalue weighted by Gasteiger charge is -2.31. The maximum atomic E-state index is 11.9. The Morgan fingerprint density at radius 1 is 1.41 bits per heavy atom. The Morgan fingerprint density at radius 2 is 2.00 bits per heavy atom. The molecule has 5 heteroatoms. The normalized spacial score (nSPS) is 16.6. The number of hydrogen-bond donors (Lipinski definition) is 2. The molecule has 0 aliphatic carbocycles. The Kier molecular flexibility index (Phi) is 5.43. The van der Waals surface area contributed by atoms with Gasteiger partial charge in [-0.1, -0.05) is 22.9 Å². The molecular formula is C12H16BrClN2O. The molecule has 1 aliphatic heterocycles. The number of benzene rings is 1. The van der Waals surface area contributed by atoms with E-state index in [0.29, 0.717) is 5.92 Å². The second kappa shape index (κ2) is 6.38. The van der Waals surface area contributed by atoms with Crippen LogP contribution in [-0.2, 0) is 4.79 Å². The van der Waals surface area contributed by atoms with Gasteiger partial charge in [-0.3, -0.25) is 4.79 Å². The molecule has 0 aromatic heterocycles. The van der Waals surface area contributed by atoms with Crippen molar-refractivity contribution in [3.63, 3.8) is 0 Å². The summed E-state index contributed by atoms with van der Waals surface area (Å²) in [6.45, 7) is 3.89. The molecule has 1 aromatic carbocycles. The molecule has 1 fully saturated rings. The molecule has 1 amide bonds. The largest absolute Gasteiger partial charge is 0.326 e. The third kappa shape index (κ3) is 3.69. The molecule has 1 saturated heterocycles. The van der Waals surface area contributed by atoms with Crippen LogP contribution in [0.15, 0.2) is 28.7 Å². The minimum Gasteiger partial charge on any atom is -0.326 e. The van der Waals surface area contributed by atoms with E-state index in [4.69, 9.17) is 0 Å². The second-order valence-corrected chi connectivity index (χ2v) is 5.12. The number of rotatable bonds is 3.